The van der Waals surface area contributed by atoms with Gasteiger partial charge in [0.15, 0.2) is 5.78 Å². The van der Waals surface area contributed by atoms with Gasteiger partial charge >= 0.3 is 6.18 Å². The van der Waals surface area contributed by atoms with Gasteiger partial charge in [-0.3, -0.25) is 4.79 Å². The SMILES string of the molecule is O=C(CCc1cccc(C(F)(F)F)c1)[C@@H]1CCCN1S(=O)(=O)c1cc2ccccc2o1. The summed E-state index contributed by atoms with van der Waals surface area (Å²) in [5, 5.41) is 0.430. The number of benzene rings is 2. The average molecular weight is 451 g/mol. The summed E-state index contributed by atoms with van der Waals surface area (Å²) >= 11 is 0. The van der Waals surface area contributed by atoms with E-state index in [4.69, 9.17) is 4.42 Å². The van der Waals surface area contributed by atoms with Gasteiger partial charge in [-0.2, -0.15) is 17.5 Å². The first-order valence-corrected chi connectivity index (χ1v) is 11.3. The smallest absolute Gasteiger partial charge is 0.416 e. The van der Waals surface area contributed by atoms with Gasteiger partial charge in [-0.25, -0.2) is 8.42 Å². The van der Waals surface area contributed by atoms with Crippen LogP contribution in [-0.2, 0) is 27.4 Å². The molecule has 0 unspecified atom stereocenters. The number of rotatable bonds is 6. The average Bonchev–Trinajstić information content (AvgIpc) is 3.39. The number of aryl methyl sites for hydroxylation is 1. The summed E-state index contributed by atoms with van der Waals surface area (Å²) in [4.78, 5) is 12.8. The van der Waals surface area contributed by atoms with Crippen molar-refractivity contribution in [3.8, 4) is 0 Å². The number of carbonyl (C=O) groups excluding carboxylic acids is 1. The van der Waals surface area contributed by atoms with Crippen LogP contribution in [0.3, 0.4) is 0 Å². The fraction of sp³-hybridized carbons (Fsp3) is 0.318. The maximum Gasteiger partial charge on any atom is 0.416 e. The molecule has 9 heteroatoms. The third-order valence-electron chi connectivity index (χ3n) is 5.46. The van der Waals surface area contributed by atoms with Crippen LogP contribution in [0.5, 0.6) is 0 Å². The molecule has 0 amide bonds. The highest BCUT2D eigenvalue weighted by Crippen LogP contribution is 2.32. The lowest BCUT2D eigenvalue weighted by molar-refractivity contribution is -0.137. The molecule has 0 spiro atoms. The standard InChI is InChI=1S/C22H20F3NO4S/c23-22(24,25)17-7-3-5-15(13-17)10-11-19(27)18-8-4-12-26(18)31(28,29)21-14-16-6-1-2-9-20(16)30-21/h1-3,5-7,9,13-14,18H,4,8,10-12H2/t18-/m0/s1. The van der Waals surface area contributed by atoms with Crippen LogP contribution in [0, 0.1) is 0 Å². The Kier molecular flexibility index (Phi) is 5.65. The Morgan fingerprint density at radius 2 is 1.87 bits per heavy atom. The predicted molar refractivity (Wildman–Crippen MR) is 108 cm³/mol. The first-order chi connectivity index (χ1) is 14.7. The van der Waals surface area contributed by atoms with E-state index in [9.17, 15) is 26.4 Å². The van der Waals surface area contributed by atoms with E-state index in [2.05, 4.69) is 0 Å². The Bertz CT molecular complexity index is 1180. The van der Waals surface area contributed by atoms with Crippen molar-refractivity contribution in [2.24, 2.45) is 0 Å². The van der Waals surface area contributed by atoms with E-state index >= 15 is 0 Å². The molecule has 3 aromatic rings. The molecule has 2 aromatic carbocycles. The highest BCUT2D eigenvalue weighted by Gasteiger charge is 2.40. The number of carbonyl (C=O) groups is 1. The minimum atomic E-state index is -4.46. The maximum atomic E-state index is 13.1. The Hall–Kier alpha value is -2.65. The van der Waals surface area contributed by atoms with Crippen molar-refractivity contribution >= 4 is 26.8 Å². The molecule has 0 aliphatic carbocycles. The molecule has 1 aromatic heterocycles. The number of nitrogens with zero attached hydrogens (tertiary/aromatic N) is 1. The summed E-state index contributed by atoms with van der Waals surface area (Å²) in [6, 6.07) is 12.3. The van der Waals surface area contributed by atoms with Gasteiger partial charge in [0, 0.05) is 24.4 Å². The van der Waals surface area contributed by atoms with Crippen LogP contribution in [-0.4, -0.2) is 31.1 Å². The van der Waals surface area contributed by atoms with Crippen molar-refractivity contribution in [2.45, 2.75) is 43.0 Å². The van der Waals surface area contributed by atoms with Gasteiger partial charge in [0.25, 0.3) is 10.0 Å². The fourth-order valence-electron chi connectivity index (χ4n) is 3.89. The minimum absolute atomic E-state index is 0.0435. The van der Waals surface area contributed by atoms with Gasteiger partial charge in [0.05, 0.1) is 11.6 Å². The second-order valence-corrected chi connectivity index (χ2v) is 9.36. The lowest BCUT2D eigenvalue weighted by atomic mass is 10.0. The quantitative estimate of drug-likeness (QED) is 0.540. The molecule has 1 fully saturated rings. The lowest BCUT2D eigenvalue weighted by Gasteiger charge is -2.21. The molecule has 4 rings (SSSR count). The van der Waals surface area contributed by atoms with Crippen LogP contribution in [0.15, 0.2) is 64.1 Å². The largest absolute Gasteiger partial charge is 0.443 e. The van der Waals surface area contributed by atoms with Gasteiger partial charge in [-0.05, 0) is 37.0 Å². The molecule has 2 heterocycles. The molecule has 0 radical (unpaired) electrons. The molecule has 1 aliphatic rings. The van der Waals surface area contributed by atoms with Crippen LogP contribution in [0.4, 0.5) is 13.2 Å². The van der Waals surface area contributed by atoms with Crippen molar-refractivity contribution in [2.75, 3.05) is 6.54 Å². The summed E-state index contributed by atoms with van der Waals surface area (Å²) in [5.41, 5.74) is 0.0490. The van der Waals surface area contributed by atoms with Crippen molar-refractivity contribution in [1.82, 2.24) is 4.31 Å². The molecule has 1 aliphatic heterocycles. The van der Waals surface area contributed by atoms with Gasteiger partial charge in [-0.15, -0.1) is 0 Å². The lowest BCUT2D eigenvalue weighted by Crippen LogP contribution is -2.40. The third-order valence-corrected chi connectivity index (χ3v) is 7.22. The van der Waals surface area contributed by atoms with Crippen LogP contribution in [0.2, 0.25) is 0 Å². The van der Waals surface area contributed by atoms with Crippen molar-refractivity contribution < 1.29 is 30.8 Å². The summed E-state index contributed by atoms with van der Waals surface area (Å²) in [6.45, 7) is 0.194. The number of alkyl halides is 3. The minimum Gasteiger partial charge on any atom is -0.443 e. The highest BCUT2D eigenvalue weighted by molar-refractivity contribution is 7.89. The van der Waals surface area contributed by atoms with E-state index in [0.717, 1.165) is 16.4 Å². The van der Waals surface area contributed by atoms with Crippen LogP contribution in [0.1, 0.15) is 30.4 Å². The number of hydrogen-bond donors (Lipinski definition) is 0. The molecular weight excluding hydrogens is 431 g/mol. The number of sulfonamides is 1. The van der Waals surface area contributed by atoms with Gasteiger partial charge in [-0.1, -0.05) is 36.4 Å². The van der Waals surface area contributed by atoms with Gasteiger partial charge in [0.1, 0.15) is 5.58 Å². The third kappa shape index (κ3) is 4.38. The molecule has 0 N–H and O–H groups in total. The van der Waals surface area contributed by atoms with E-state index in [-0.39, 0.29) is 30.3 Å². The van der Waals surface area contributed by atoms with Crippen molar-refractivity contribution in [1.29, 1.82) is 0 Å². The Balaban J connectivity index is 1.49. The first kappa shape index (κ1) is 21.6. The number of furan rings is 1. The second kappa shape index (κ2) is 8.12. The van der Waals surface area contributed by atoms with Crippen molar-refractivity contribution in [3.05, 3.63) is 65.7 Å². The summed E-state index contributed by atoms with van der Waals surface area (Å²) in [5.74, 6) is -0.311. The molecule has 5 nitrogen and oxygen atoms in total. The molecule has 1 atom stereocenters. The van der Waals surface area contributed by atoms with E-state index in [1.54, 1.807) is 24.3 Å². The highest BCUT2D eigenvalue weighted by atomic mass is 32.2. The number of hydrogen-bond acceptors (Lipinski definition) is 4. The molecule has 0 bridgehead atoms. The Morgan fingerprint density at radius 3 is 2.61 bits per heavy atom. The Labute approximate surface area is 177 Å². The molecule has 0 saturated carbocycles. The first-order valence-electron chi connectivity index (χ1n) is 9.85. The fourth-order valence-corrected chi connectivity index (χ4v) is 5.52. The monoisotopic (exact) mass is 451 g/mol. The molecule has 1 saturated heterocycles. The summed E-state index contributed by atoms with van der Waals surface area (Å²) in [6.07, 6.45) is -3.49. The normalized spacial score (nSPS) is 18.0. The van der Waals surface area contributed by atoms with Crippen LogP contribution in [0.25, 0.3) is 11.0 Å². The van der Waals surface area contributed by atoms with Crippen LogP contribution >= 0.6 is 0 Å². The van der Waals surface area contributed by atoms with E-state index in [1.807, 2.05) is 0 Å². The molecule has 31 heavy (non-hydrogen) atoms. The van der Waals surface area contributed by atoms with E-state index < -0.39 is 27.8 Å². The number of ketones is 1. The number of halogens is 3. The second-order valence-electron chi connectivity index (χ2n) is 7.54. The van der Waals surface area contributed by atoms with Gasteiger partial charge < -0.3 is 4.42 Å². The predicted octanol–water partition coefficient (Wildman–Crippen LogP) is 4.81. The van der Waals surface area contributed by atoms with E-state index in [0.29, 0.717) is 29.4 Å². The van der Waals surface area contributed by atoms with Crippen molar-refractivity contribution in [3.63, 3.8) is 0 Å². The molecule has 164 valence electrons. The van der Waals surface area contributed by atoms with E-state index in [1.165, 1.54) is 18.2 Å². The zero-order valence-electron chi connectivity index (χ0n) is 16.4. The number of Topliss-reactive ketones (excluding diaryl/α,β-unsaturated/α-hetero) is 1. The van der Waals surface area contributed by atoms with Gasteiger partial charge in [0.2, 0.25) is 5.09 Å². The topological polar surface area (TPSA) is 67.6 Å². The summed E-state index contributed by atoms with van der Waals surface area (Å²) in [7, 11) is -4.01. The Morgan fingerprint density at radius 1 is 1.10 bits per heavy atom. The number of para-hydroxylation sites is 1. The maximum absolute atomic E-state index is 13.1. The zero-order chi connectivity index (χ0) is 22.2. The molecular formula is C22H20F3NO4S. The number of fused-ring (bicyclic) bond motifs is 1. The van der Waals surface area contributed by atoms with Crippen LogP contribution < -0.4 is 0 Å². The summed E-state index contributed by atoms with van der Waals surface area (Å²) < 4.78 is 71.5. The zero-order valence-corrected chi connectivity index (χ0v) is 17.2.